The van der Waals surface area contributed by atoms with Crippen LogP contribution in [0.25, 0.3) is 0 Å². The van der Waals surface area contributed by atoms with Crippen LogP contribution in [0.1, 0.15) is 73.8 Å². The summed E-state index contributed by atoms with van der Waals surface area (Å²) in [6, 6.07) is 6.29. The lowest BCUT2D eigenvalue weighted by molar-refractivity contribution is -0.130. The number of hydrogen-bond acceptors (Lipinski definition) is 6. The molecule has 8 nitrogen and oxygen atoms in total. The number of Topliss-reactive ketones (excluding diaryl/α,β-unsaturated/α-hetero) is 1. The monoisotopic (exact) mass is 559 g/mol. The second kappa shape index (κ2) is 14.5. The maximum atomic E-state index is 13.2. The maximum absolute atomic E-state index is 13.2. The second-order valence-electron chi connectivity index (χ2n) is 10.6. The highest BCUT2D eigenvalue weighted by Gasteiger charge is 2.35. The Morgan fingerprint density at radius 3 is 2.46 bits per heavy atom. The first-order chi connectivity index (χ1) is 18.6. The summed E-state index contributed by atoms with van der Waals surface area (Å²) in [6.07, 6.45) is 5.35. The van der Waals surface area contributed by atoms with Crippen LogP contribution in [0.2, 0.25) is 0 Å². The summed E-state index contributed by atoms with van der Waals surface area (Å²) in [5.74, 6) is -0.0405. The van der Waals surface area contributed by atoms with E-state index in [0.717, 1.165) is 57.3 Å². The Kier molecular flexibility index (Phi) is 11.4. The average molecular weight is 560 g/mol. The number of nitrogens with one attached hydrogen (secondary N) is 2. The number of rotatable bonds is 12. The van der Waals surface area contributed by atoms with Gasteiger partial charge in [0.05, 0.1) is 10.6 Å². The molecule has 1 heterocycles. The van der Waals surface area contributed by atoms with Crippen LogP contribution >= 0.6 is 11.3 Å². The number of hydrogen-bond donors (Lipinski definition) is 2. The van der Waals surface area contributed by atoms with Crippen molar-refractivity contribution in [2.75, 3.05) is 32.0 Å². The fourth-order valence-corrected chi connectivity index (χ4v) is 6.25. The van der Waals surface area contributed by atoms with Crippen molar-refractivity contribution in [1.29, 1.82) is 0 Å². The molecule has 3 amide bonds. The molecule has 1 aromatic heterocycles. The molecule has 3 atom stereocenters. The normalized spacial score (nSPS) is 19.1. The van der Waals surface area contributed by atoms with E-state index in [1.165, 1.54) is 30.4 Å². The topological polar surface area (TPSA) is 94.6 Å². The van der Waals surface area contributed by atoms with Gasteiger partial charge in [0.2, 0.25) is 5.91 Å². The smallest absolute Gasteiger partial charge is 0.321 e. The highest BCUT2D eigenvalue weighted by atomic mass is 32.1. The van der Waals surface area contributed by atoms with Crippen molar-refractivity contribution in [3.63, 3.8) is 0 Å². The molecule has 1 aliphatic rings. The van der Waals surface area contributed by atoms with Crippen molar-refractivity contribution in [3.05, 3.63) is 46.2 Å². The molecule has 3 rings (SSSR count). The van der Waals surface area contributed by atoms with Crippen LogP contribution in [0, 0.1) is 18.7 Å². The molecule has 0 aliphatic heterocycles. The first-order valence-electron chi connectivity index (χ1n) is 13.8. The number of aromatic nitrogens is 1. The Morgan fingerprint density at radius 1 is 1.13 bits per heavy atom. The van der Waals surface area contributed by atoms with E-state index in [9.17, 15) is 18.8 Å². The number of anilines is 1. The van der Waals surface area contributed by atoms with Gasteiger partial charge < -0.3 is 15.1 Å². The van der Waals surface area contributed by atoms with E-state index in [0.29, 0.717) is 22.1 Å². The lowest BCUT2D eigenvalue weighted by atomic mass is 9.80. The molecule has 1 aliphatic carbocycles. The van der Waals surface area contributed by atoms with Crippen molar-refractivity contribution in [1.82, 2.24) is 20.1 Å². The number of aryl methyl sites for hydroxylation is 2. The number of halogens is 1. The van der Waals surface area contributed by atoms with E-state index in [2.05, 4.69) is 27.4 Å². The second-order valence-corrected chi connectivity index (χ2v) is 11.6. The number of thiazole rings is 1. The van der Waals surface area contributed by atoms with E-state index in [1.54, 1.807) is 18.7 Å². The van der Waals surface area contributed by atoms with Gasteiger partial charge in [-0.1, -0.05) is 30.4 Å². The van der Waals surface area contributed by atoms with Gasteiger partial charge >= 0.3 is 6.03 Å². The Morgan fingerprint density at radius 2 is 1.85 bits per heavy atom. The Labute approximate surface area is 235 Å². The highest BCUT2D eigenvalue weighted by Crippen LogP contribution is 2.29. The van der Waals surface area contributed by atoms with Crippen molar-refractivity contribution in [2.24, 2.45) is 5.92 Å². The van der Waals surface area contributed by atoms with Gasteiger partial charge in [0.15, 0.2) is 10.9 Å². The minimum atomic E-state index is -0.349. The minimum absolute atomic E-state index is 0.0186. The van der Waals surface area contributed by atoms with E-state index in [1.807, 2.05) is 19.2 Å². The van der Waals surface area contributed by atoms with Gasteiger partial charge in [0, 0.05) is 39.5 Å². The predicted octanol–water partition coefficient (Wildman–Crippen LogP) is 5.28. The maximum Gasteiger partial charge on any atom is 0.321 e. The molecule has 0 radical (unpaired) electrons. The average Bonchev–Trinajstić information content (AvgIpc) is 3.25. The molecule has 0 unspecified atom stereocenters. The summed E-state index contributed by atoms with van der Waals surface area (Å²) in [6.45, 7) is 9.72. The summed E-state index contributed by atoms with van der Waals surface area (Å²) in [5, 5.41) is 6.37. The zero-order valence-corrected chi connectivity index (χ0v) is 24.6. The van der Waals surface area contributed by atoms with Gasteiger partial charge in [-0.05, 0) is 82.2 Å². The van der Waals surface area contributed by atoms with Crippen LogP contribution in [0.5, 0.6) is 0 Å². The summed E-state index contributed by atoms with van der Waals surface area (Å²) >= 11 is 1.18. The molecule has 214 valence electrons. The summed E-state index contributed by atoms with van der Waals surface area (Å²) in [4.78, 5) is 46.0. The third kappa shape index (κ3) is 9.10. The van der Waals surface area contributed by atoms with Gasteiger partial charge in [-0.15, -0.1) is 0 Å². The number of amides is 3. The zero-order valence-electron chi connectivity index (χ0n) is 23.8. The Balaban J connectivity index is 1.66. The van der Waals surface area contributed by atoms with Gasteiger partial charge in [0.25, 0.3) is 0 Å². The molecule has 2 aromatic rings. The zero-order chi connectivity index (χ0) is 28.5. The van der Waals surface area contributed by atoms with Crippen LogP contribution in [0.15, 0.2) is 24.3 Å². The lowest BCUT2D eigenvalue weighted by Gasteiger charge is -2.41. The number of benzene rings is 1. The van der Waals surface area contributed by atoms with Crippen LogP contribution in [0.4, 0.5) is 14.3 Å². The molecule has 2 N–H and O–H groups in total. The van der Waals surface area contributed by atoms with Crippen molar-refractivity contribution >= 4 is 34.2 Å². The van der Waals surface area contributed by atoms with Crippen molar-refractivity contribution < 1.29 is 18.8 Å². The van der Waals surface area contributed by atoms with Gasteiger partial charge in [-0.3, -0.25) is 14.9 Å². The number of carbonyl (C=O) groups excluding carboxylic acids is 3. The van der Waals surface area contributed by atoms with Crippen LogP contribution in [0.3, 0.4) is 0 Å². The molecule has 0 saturated heterocycles. The SMILES string of the molecule is CCCN(CCCc1ccc(F)cc1)C[C@@H]1CC[C@@H](N(C)C(C)=O)C[C@H]1NC(=O)Nc1nc(C)c(C(C)=O)s1. The fourth-order valence-electron chi connectivity index (χ4n) is 5.39. The first-order valence-corrected chi connectivity index (χ1v) is 14.6. The van der Waals surface area contributed by atoms with E-state index >= 15 is 0 Å². The number of urea groups is 1. The molecule has 1 fully saturated rings. The van der Waals surface area contributed by atoms with Crippen LogP contribution < -0.4 is 10.6 Å². The minimum Gasteiger partial charge on any atom is -0.343 e. The van der Waals surface area contributed by atoms with Gasteiger partial charge in [-0.25, -0.2) is 14.2 Å². The van der Waals surface area contributed by atoms with E-state index in [-0.39, 0.29) is 41.5 Å². The standard InChI is InChI=1S/C29H42FN5O3S/c1-6-15-35(16-7-8-22-9-12-24(30)13-10-22)18-23-11-14-25(34(5)21(4)37)17-26(23)32-28(38)33-29-31-19(2)27(39-29)20(3)36/h9-10,12-13,23,25-26H,6-8,11,14-18H2,1-5H3,(H2,31,32,33,38)/t23-,25+,26+/m0/s1. The van der Waals surface area contributed by atoms with Crippen molar-refractivity contribution in [3.8, 4) is 0 Å². The third-order valence-electron chi connectivity index (χ3n) is 7.55. The summed E-state index contributed by atoms with van der Waals surface area (Å²) in [7, 11) is 1.82. The molecule has 10 heteroatoms. The van der Waals surface area contributed by atoms with E-state index < -0.39 is 0 Å². The Hall–Kier alpha value is -2.85. The fraction of sp³-hybridized carbons (Fsp3) is 0.586. The molecule has 0 spiro atoms. The van der Waals surface area contributed by atoms with Gasteiger partial charge in [-0.2, -0.15) is 0 Å². The highest BCUT2D eigenvalue weighted by molar-refractivity contribution is 7.17. The van der Waals surface area contributed by atoms with Crippen LogP contribution in [-0.4, -0.2) is 71.3 Å². The van der Waals surface area contributed by atoms with Gasteiger partial charge in [0.1, 0.15) is 5.82 Å². The number of nitrogens with zero attached hydrogens (tertiary/aromatic N) is 3. The molecule has 1 aromatic carbocycles. The predicted molar refractivity (Wildman–Crippen MR) is 154 cm³/mol. The summed E-state index contributed by atoms with van der Waals surface area (Å²) < 4.78 is 13.2. The summed E-state index contributed by atoms with van der Waals surface area (Å²) in [5.41, 5.74) is 1.74. The molecule has 39 heavy (non-hydrogen) atoms. The molecule has 0 bridgehead atoms. The molecular formula is C29H42FN5O3S. The molecular weight excluding hydrogens is 517 g/mol. The number of ketones is 1. The lowest BCUT2D eigenvalue weighted by Crippen LogP contribution is -2.53. The molecule has 1 saturated carbocycles. The van der Waals surface area contributed by atoms with E-state index in [4.69, 9.17) is 0 Å². The van der Waals surface area contributed by atoms with Crippen LogP contribution in [-0.2, 0) is 11.2 Å². The van der Waals surface area contributed by atoms with Crippen molar-refractivity contribution in [2.45, 2.75) is 78.3 Å². The third-order valence-corrected chi connectivity index (χ3v) is 8.72. The first kappa shape index (κ1) is 30.7. The largest absolute Gasteiger partial charge is 0.343 e. The number of carbonyl (C=O) groups is 3. The quantitative estimate of drug-likeness (QED) is 0.345. The Bertz CT molecular complexity index is 1120.